The third kappa shape index (κ3) is 2.87. The lowest BCUT2D eigenvalue weighted by atomic mass is 9.47. The molecule has 4 bridgehead atoms. The minimum absolute atomic E-state index is 0.0992. The number of nitriles is 1. The molecule has 3 N–H and O–H groups in total. The highest BCUT2D eigenvalue weighted by atomic mass is 16.1. The average molecular weight is 391 g/mol. The van der Waals surface area contributed by atoms with Crippen molar-refractivity contribution in [3.05, 3.63) is 35.9 Å². The van der Waals surface area contributed by atoms with Crippen molar-refractivity contribution in [3.63, 3.8) is 0 Å². The van der Waals surface area contributed by atoms with Crippen LogP contribution in [0, 0.1) is 34.6 Å². The molecule has 5 fully saturated rings. The van der Waals surface area contributed by atoms with Crippen LogP contribution in [0.15, 0.2) is 35.3 Å². The Bertz CT molecular complexity index is 849. The van der Waals surface area contributed by atoms with Crippen LogP contribution in [0.5, 0.6) is 0 Å². The van der Waals surface area contributed by atoms with E-state index in [1.165, 1.54) is 18.4 Å². The third-order valence-corrected chi connectivity index (χ3v) is 8.50. The fourth-order valence-electron chi connectivity index (χ4n) is 7.44. The molecule has 5 aliphatic carbocycles. The van der Waals surface area contributed by atoms with Crippen LogP contribution in [0.3, 0.4) is 0 Å². The summed E-state index contributed by atoms with van der Waals surface area (Å²) < 4.78 is 0. The Morgan fingerprint density at radius 1 is 1.10 bits per heavy atom. The standard InChI is InChI=1S/C24H30N4O/c25-15-27-22(24(8-4-5-9-24)19-6-2-1-3-7-19)28-20-17-10-16-11-18(20)14-23(12-16,13-17)21(26)29/h1-3,6-7,16-18,20H,4-5,8-14H2,(H2,26,29)(H,27,28). The molecular weight excluding hydrogens is 360 g/mol. The number of nitrogens with zero attached hydrogens (tertiary/aromatic N) is 2. The van der Waals surface area contributed by atoms with Crippen LogP contribution < -0.4 is 11.1 Å². The van der Waals surface area contributed by atoms with Crippen LogP contribution >= 0.6 is 0 Å². The van der Waals surface area contributed by atoms with E-state index in [-0.39, 0.29) is 16.7 Å². The van der Waals surface area contributed by atoms with E-state index in [0.29, 0.717) is 23.8 Å². The first-order chi connectivity index (χ1) is 14.1. The Balaban J connectivity index is 1.46. The van der Waals surface area contributed by atoms with Crippen molar-refractivity contribution < 1.29 is 4.79 Å². The van der Waals surface area contributed by atoms with Gasteiger partial charge in [0, 0.05) is 11.5 Å². The van der Waals surface area contributed by atoms with Gasteiger partial charge in [-0.1, -0.05) is 43.2 Å². The van der Waals surface area contributed by atoms with E-state index in [0.717, 1.165) is 50.8 Å². The summed E-state index contributed by atoms with van der Waals surface area (Å²) in [6.07, 6.45) is 11.6. The zero-order valence-corrected chi connectivity index (χ0v) is 16.9. The molecule has 0 aliphatic heterocycles. The van der Waals surface area contributed by atoms with Gasteiger partial charge in [0.05, 0.1) is 5.41 Å². The van der Waals surface area contributed by atoms with Crippen molar-refractivity contribution in [1.29, 1.82) is 5.26 Å². The van der Waals surface area contributed by atoms with Crippen molar-refractivity contribution in [3.8, 4) is 6.19 Å². The van der Waals surface area contributed by atoms with Gasteiger partial charge in [0.15, 0.2) is 0 Å². The number of nitrogens with one attached hydrogen (secondary N) is 1. The molecule has 5 heteroatoms. The lowest BCUT2D eigenvalue weighted by Gasteiger charge is -2.59. The van der Waals surface area contributed by atoms with Gasteiger partial charge in [-0.2, -0.15) is 10.3 Å². The van der Waals surface area contributed by atoms with Crippen LogP contribution in [0.4, 0.5) is 0 Å². The van der Waals surface area contributed by atoms with Gasteiger partial charge in [0.25, 0.3) is 0 Å². The number of aliphatic imine (C=N–C) groups is 1. The number of benzene rings is 1. The smallest absolute Gasteiger partial charge is 0.223 e. The first-order valence-corrected chi connectivity index (χ1v) is 11.2. The van der Waals surface area contributed by atoms with Gasteiger partial charge in [0.2, 0.25) is 12.1 Å². The maximum absolute atomic E-state index is 12.3. The average Bonchev–Trinajstić information content (AvgIpc) is 3.21. The summed E-state index contributed by atoms with van der Waals surface area (Å²) >= 11 is 0. The summed E-state index contributed by atoms with van der Waals surface area (Å²) in [5.74, 6) is 2.29. The van der Waals surface area contributed by atoms with Crippen LogP contribution in [0.25, 0.3) is 0 Å². The van der Waals surface area contributed by atoms with Gasteiger partial charge in [-0.3, -0.25) is 4.79 Å². The first kappa shape index (κ1) is 18.7. The fourth-order valence-corrected chi connectivity index (χ4v) is 7.44. The number of hydrogen-bond acceptors (Lipinski definition) is 3. The normalized spacial score (nSPS) is 37.3. The number of rotatable bonds is 4. The second kappa shape index (κ2) is 6.86. The van der Waals surface area contributed by atoms with E-state index in [2.05, 4.69) is 40.8 Å². The van der Waals surface area contributed by atoms with Crippen molar-refractivity contribution in [2.24, 2.45) is 33.9 Å². The van der Waals surface area contributed by atoms with Gasteiger partial charge in [-0.05, 0) is 68.3 Å². The van der Waals surface area contributed by atoms with E-state index >= 15 is 0 Å². The summed E-state index contributed by atoms with van der Waals surface area (Å²) in [5, 5.41) is 13.3. The lowest BCUT2D eigenvalue weighted by molar-refractivity contribution is -0.145. The van der Waals surface area contributed by atoms with Crippen molar-refractivity contribution in [1.82, 2.24) is 5.32 Å². The lowest BCUT2D eigenvalue weighted by Crippen LogP contribution is -2.63. The van der Waals surface area contributed by atoms with Crippen LogP contribution in [-0.2, 0) is 10.2 Å². The fraction of sp³-hybridized carbons (Fsp3) is 0.625. The van der Waals surface area contributed by atoms with Crippen molar-refractivity contribution in [2.75, 3.05) is 0 Å². The highest BCUT2D eigenvalue weighted by Crippen LogP contribution is 2.60. The number of carbonyl (C=O) groups is 1. The Morgan fingerprint density at radius 3 is 2.34 bits per heavy atom. The summed E-state index contributed by atoms with van der Waals surface area (Å²) in [6.45, 7) is 0. The molecule has 1 amide bonds. The molecule has 6 rings (SSSR count). The zero-order chi connectivity index (χ0) is 20.1. The molecule has 0 aromatic heterocycles. The maximum atomic E-state index is 12.3. The number of amidine groups is 1. The van der Waals surface area contributed by atoms with Gasteiger partial charge in [-0.25, -0.2) is 0 Å². The van der Waals surface area contributed by atoms with Crippen LogP contribution in [-0.4, -0.2) is 17.8 Å². The van der Waals surface area contributed by atoms with Crippen LogP contribution in [0.1, 0.15) is 63.4 Å². The molecule has 5 saturated carbocycles. The Morgan fingerprint density at radius 2 is 1.76 bits per heavy atom. The Kier molecular flexibility index (Phi) is 4.42. The van der Waals surface area contributed by atoms with Gasteiger partial charge in [-0.15, -0.1) is 0 Å². The quantitative estimate of drug-likeness (QED) is 0.467. The highest BCUT2D eigenvalue weighted by molar-refractivity contribution is 5.94. The number of primary amides is 1. The SMILES string of the molecule is N#C/N=C(/NC1C2CC3CC1CC(C(N)=O)(C3)C2)C1(c2ccccc2)CCCC1. The summed E-state index contributed by atoms with van der Waals surface area (Å²) in [4.78, 5) is 16.6. The molecule has 2 unspecified atom stereocenters. The Hall–Kier alpha value is -2.35. The van der Waals surface area contributed by atoms with E-state index in [1.807, 2.05) is 6.07 Å². The molecule has 0 spiro atoms. The number of hydrogen-bond donors (Lipinski definition) is 2. The molecule has 5 nitrogen and oxygen atoms in total. The van der Waals surface area contributed by atoms with Gasteiger partial charge >= 0.3 is 0 Å². The predicted octanol–water partition coefficient (Wildman–Crippen LogP) is 3.65. The topological polar surface area (TPSA) is 91.3 Å². The predicted molar refractivity (Wildman–Crippen MR) is 112 cm³/mol. The van der Waals surface area contributed by atoms with Gasteiger partial charge in [0.1, 0.15) is 5.84 Å². The molecule has 2 atom stereocenters. The molecule has 0 heterocycles. The van der Waals surface area contributed by atoms with Crippen molar-refractivity contribution >= 4 is 11.7 Å². The number of amides is 1. The number of carbonyl (C=O) groups excluding carboxylic acids is 1. The Labute approximate surface area is 172 Å². The summed E-state index contributed by atoms with van der Waals surface area (Å²) in [7, 11) is 0. The van der Waals surface area contributed by atoms with Crippen molar-refractivity contribution in [2.45, 2.75) is 69.2 Å². The molecule has 5 aliphatic rings. The highest BCUT2D eigenvalue weighted by Gasteiger charge is 2.58. The summed E-state index contributed by atoms with van der Waals surface area (Å²) in [6, 6.07) is 10.9. The second-order valence-electron chi connectivity index (χ2n) is 10.0. The molecular formula is C24H30N4O. The molecule has 0 saturated heterocycles. The zero-order valence-electron chi connectivity index (χ0n) is 16.9. The third-order valence-electron chi connectivity index (χ3n) is 8.50. The molecule has 152 valence electrons. The second-order valence-corrected chi connectivity index (χ2v) is 10.0. The van der Waals surface area contributed by atoms with Crippen LogP contribution in [0.2, 0.25) is 0 Å². The molecule has 0 radical (unpaired) electrons. The number of nitrogens with two attached hydrogens (primary N) is 1. The maximum Gasteiger partial charge on any atom is 0.223 e. The summed E-state index contributed by atoms with van der Waals surface area (Å²) in [5.41, 5.74) is 6.64. The van der Waals surface area contributed by atoms with E-state index in [9.17, 15) is 10.1 Å². The van der Waals surface area contributed by atoms with E-state index in [1.54, 1.807) is 0 Å². The largest absolute Gasteiger partial charge is 0.369 e. The minimum atomic E-state index is -0.286. The molecule has 29 heavy (non-hydrogen) atoms. The molecule has 1 aromatic carbocycles. The first-order valence-electron chi connectivity index (χ1n) is 11.2. The molecule has 1 aromatic rings. The minimum Gasteiger partial charge on any atom is -0.369 e. The van der Waals surface area contributed by atoms with Gasteiger partial charge < -0.3 is 11.1 Å². The monoisotopic (exact) mass is 390 g/mol. The van der Waals surface area contributed by atoms with E-state index in [4.69, 9.17) is 5.73 Å². The van der Waals surface area contributed by atoms with E-state index < -0.39 is 0 Å².